The molecule has 1 unspecified atom stereocenters. The number of nitro groups is 1. The van der Waals surface area contributed by atoms with Gasteiger partial charge in [0.1, 0.15) is 24.6 Å². The molecule has 1 aromatic heterocycles. The number of carbonyl (C=O) groups is 1. The predicted octanol–water partition coefficient (Wildman–Crippen LogP) is 1.46. The number of hydrogen-bond donors (Lipinski definition) is 0. The van der Waals surface area contributed by atoms with E-state index < -0.39 is 4.92 Å². The highest BCUT2D eigenvalue weighted by molar-refractivity contribution is 7.99. The summed E-state index contributed by atoms with van der Waals surface area (Å²) < 4.78 is 1.48. The smallest absolute Gasteiger partial charge is 0.269 e. The molecule has 9 heteroatoms. The Morgan fingerprint density at radius 2 is 2.18 bits per heavy atom. The zero-order valence-electron chi connectivity index (χ0n) is 11.5. The van der Waals surface area contributed by atoms with Crippen LogP contribution in [-0.4, -0.2) is 42.8 Å². The molecule has 8 nitrogen and oxygen atoms in total. The number of nitrogens with zero attached hydrogens (tertiary/aromatic N) is 5. The number of benzene rings is 1. The molecule has 1 saturated heterocycles. The molecule has 0 aliphatic carbocycles. The molecule has 1 aliphatic heterocycles. The highest BCUT2D eigenvalue weighted by Crippen LogP contribution is 2.38. The lowest BCUT2D eigenvalue weighted by Crippen LogP contribution is -2.33. The summed E-state index contributed by atoms with van der Waals surface area (Å²) in [6.45, 7) is 0.796. The number of thioether (sulfide) groups is 1. The minimum atomic E-state index is -0.431. The topological polar surface area (TPSA) is 94.2 Å². The Labute approximate surface area is 130 Å². The SMILES string of the molecule is O=C(Cn1cncn1)N1CCSC1c1ccc([N+](=O)[O-])cc1. The summed E-state index contributed by atoms with van der Waals surface area (Å²) in [6.07, 6.45) is 2.89. The Hall–Kier alpha value is -2.42. The number of aromatic nitrogens is 3. The molecule has 1 fully saturated rings. The van der Waals surface area contributed by atoms with E-state index in [2.05, 4.69) is 10.1 Å². The summed E-state index contributed by atoms with van der Waals surface area (Å²) in [7, 11) is 0. The van der Waals surface area contributed by atoms with Gasteiger partial charge in [-0.3, -0.25) is 14.9 Å². The van der Waals surface area contributed by atoms with Crippen LogP contribution in [0.2, 0.25) is 0 Å². The van der Waals surface area contributed by atoms with Crippen LogP contribution >= 0.6 is 11.8 Å². The van der Waals surface area contributed by atoms with E-state index in [-0.39, 0.29) is 23.5 Å². The first kappa shape index (κ1) is 14.5. The molecule has 114 valence electrons. The Kier molecular flexibility index (Phi) is 4.05. The van der Waals surface area contributed by atoms with E-state index in [1.54, 1.807) is 28.8 Å². The largest absolute Gasteiger partial charge is 0.324 e. The molecule has 1 amide bonds. The van der Waals surface area contributed by atoms with Crippen molar-refractivity contribution in [2.24, 2.45) is 0 Å². The van der Waals surface area contributed by atoms with Gasteiger partial charge in [0.05, 0.1) is 4.92 Å². The molecule has 1 atom stereocenters. The monoisotopic (exact) mass is 319 g/mol. The van der Waals surface area contributed by atoms with Gasteiger partial charge in [-0.05, 0) is 17.7 Å². The number of rotatable bonds is 4. The van der Waals surface area contributed by atoms with Gasteiger partial charge in [0.2, 0.25) is 5.91 Å². The van der Waals surface area contributed by atoms with E-state index in [1.807, 2.05) is 0 Å². The lowest BCUT2D eigenvalue weighted by atomic mass is 10.2. The number of amides is 1. The molecule has 0 saturated carbocycles. The van der Waals surface area contributed by atoms with Crippen molar-refractivity contribution in [2.45, 2.75) is 11.9 Å². The first-order valence-corrected chi connectivity index (χ1v) is 7.68. The zero-order valence-corrected chi connectivity index (χ0v) is 12.3. The summed E-state index contributed by atoms with van der Waals surface area (Å²) in [4.78, 5) is 28.2. The zero-order chi connectivity index (χ0) is 15.5. The Morgan fingerprint density at radius 3 is 2.82 bits per heavy atom. The first-order chi connectivity index (χ1) is 10.6. The minimum absolute atomic E-state index is 0.0427. The van der Waals surface area contributed by atoms with Gasteiger partial charge in [-0.15, -0.1) is 11.8 Å². The van der Waals surface area contributed by atoms with Gasteiger partial charge in [-0.2, -0.15) is 5.10 Å². The Balaban J connectivity index is 1.74. The molecule has 1 aliphatic rings. The summed E-state index contributed by atoms with van der Waals surface area (Å²) >= 11 is 1.65. The average molecular weight is 319 g/mol. The van der Waals surface area contributed by atoms with E-state index >= 15 is 0 Å². The molecule has 2 aromatic rings. The number of non-ortho nitro benzene ring substituents is 1. The van der Waals surface area contributed by atoms with Crippen molar-refractivity contribution >= 4 is 23.4 Å². The fraction of sp³-hybridized carbons (Fsp3) is 0.308. The molecule has 0 bridgehead atoms. The highest BCUT2D eigenvalue weighted by Gasteiger charge is 2.30. The normalized spacial score (nSPS) is 17.6. The van der Waals surface area contributed by atoms with Crippen LogP contribution in [0.15, 0.2) is 36.9 Å². The van der Waals surface area contributed by atoms with Crippen LogP contribution in [0.1, 0.15) is 10.9 Å². The Bertz CT molecular complexity index is 673. The van der Waals surface area contributed by atoms with Crippen molar-refractivity contribution in [1.29, 1.82) is 0 Å². The summed E-state index contributed by atoms with van der Waals surface area (Å²) in [6, 6.07) is 6.34. The van der Waals surface area contributed by atoms with Gasteiger partial charge in [-0.1, -0.05) is 0 Å². The van der Waals surface area contributed by atoms with Gasteiger partial charge < -0.3 is 4.90 Å². The second-order valence-electron chi connectivity index (χ2n) is 4.75. The third-order valence-electron chi connectivity index (χ3n) is 3.36. The minimum Gasteiger partial charge on any atom is -0.324 e. The predicted molar refractivity (Wildman–Crippen MR) is 80.0 cm³/mol. The van der Waals surface area contributed by atoms with Crippen molar-refractivity contribution < 1.29 is 9.72 Å². The van der Waals surface area contributed by atoms with Crippen molar-refractivity contribution in [1.82, 2.24) is 19.7 Å². The van der Waals surface area contributed by atoms with Gasteiger partial charge in [0, 0.05) is 24.4 Å². The standard InChI is InChI=1S/C13H13N5O3S/c19-12(7-16-9-14-8-15-16)17-5-6-22-13(17)10-1-3-11(4-2-10)18(20)21/h1-4,8-9,13H,5-7H2. The van der Waals surface area contributed by atoms with Gasteiger partial charge >= 0.3 is 0 Å². The highest BCUT2D eigenvalue weighted by atomic mass is 32.2. The van der Waals surface area contributed by atoms with Crippen molar-refractivity contribution in [3.63, 3.8) is 0 Å². The molecular formula is C13H13N5O3S. The van der Waals surface area contributed by atoms with E-state index in [4.69, 9.17) is 0 Å². The van der Waals surface area contributed by atoms with Gasteiger partial charge in [0.25, 0.3) is 5.69 Å². The number of nitro benzene ring substituents is 1. The maximum atomic E-state index is 12.4. The number of carbonyl (C=O) groups excluding carboxylic acids is 1. The second-order valence-corrected chi connectivity index (χ2v) is 5.94. The van der Waals surface area contributed by atoms with Crippen LogP contribution < -0.4 is 0 Å². The van der Waals surface area contributed by atoms with E-state index in [0.717, 1.165) is 11.3 Å². The average Bonchev–Trinajstić information content (AvgIpc) is 3.18. The maximum Gasteiger partial charge on any atom is 0.269 e. The second kappa shape index (κ2) is 6.14. The molecule has 0 radical (unpaired) electrons. The molecule has 0 N–H and O–H groups in total. The molecule has 2 heterocycles. The number of hydrogen-bond acceptors (Lipinski definition) is 6. The lowest BCUT2D eigenvalue weighted by Gasteiger charge is -2.24. The lowest BCUT2D eigenvalue weighted by molar-refractivity contribution is -0.384. The van der Waals surface area contributed by atoms with Crippen molar-refractivity contribution in [3.8, 4) is 0 Å². The van der Waals surface area contributed by atoms with E-state index in [0.29, 0.717) is 6.54 Å². The molecule has 1 aromatic carbocycles. The van der Waals surface area contributed by atoms with Gasteiger partial charge in [0.15, 0.2) is 0 Å². The van der Waals surface area contributed by atoms with Crippen LogP contribution in [0.4, 0.5) is 5.69 Å². The summed E-state index contributed by atoms with van der Waals surface area (Å²) in [5, 5.41) is 14.5. The fourth-order valence-corrected chi connectivity index (χ4v) is 3.58. The van der Waals surface area contributed by atoms with Crippen LogP contribution in [0.5, 0.6) is 0 Å². The van der Waals surface area contributed by atoms with Crippen molar-refractivity contribution in [2.75, 3.05) is 12.3 Å². The third kappa shape index (κ3) is 2.93. The first-order valence-electron chi connectivity index (χ1n) is 6.63. The molecular weight excluding hydrogens is 306 g/mol. The summed E-state index contributed by atoms with van der Waals surface area (Å²) in [5.41, 5.74) is 0.937. The van der Waals surface area contributed by atoms with E-state index in [9.17, 15) is 14.9 Å². The summed E-state index contributed by atoms with van der Waals surface area (Å²) in [5.74, 6) is 0.795. The quantitative estimate of drug-likeness (QED) is 0.625. The van der Waals surface area contributed by atoms with Crippen LogP contribution in [-0.2, 0) is 11.3 Å². The van der Waals surface area contributed by atoms with E-state index in [1.165, 1.54) is 29.5 Å². The van der Waals surface area contributed by atoms with Gasteiger partial charge in [-0.25, -0.2) is 9.67 Å². The van der Waals surface area contributed by atoms with Crippen LogP contribution in [0, 0.1) is 10.1 Å². The molecule has 22 heavy (non-hydrogen) atoms. The third-order valence-corrected chi connectivity index (χ3v) is 4.62. The molecule has 0 spiro atoms. The van der Waals surface area contributed by atoms with Crippen LogP contribution in [0.3, 0.4) is 0 Å². The fourth-order valence-electron chi connectivity index (χ4n) is 2.31. The van der Waals surface area contributed by atoms with Crippen molar-refractivity contribution in [3.05, 3.63) is 52.6 Å². The maximum absolute atomic E-state index is 12.4. The van der Waals surface area contributed by atoms with Crippen LogP contribution in [0.25, 0.3) is 0 Å². The molecule has 3 rings (SSSR count). The Morgan fingerprint density at radius 1 is 1.41 bits per heavy atom.